The van der Waals surface area contributed by atoms with Crippen molar-refractivity contribution in [3.05, 3.63) is 54.1 Å². The molecule has 0 amide bonds. The number of aromatic nitrogens is 3. The number of aromatic amines is 1. The van der Waals surface area contributed by atoms with Gasteiger partial charge >= 0.3 is 5.97 Å². The van der Waals surface area contributed by atoms with E-state index in [-0.39, 0.29) is 11.3 Å². The minimum absolute atomic E-state index is 0.0741. The van der Waals surface area contributed by atoms with Gasteiger partial charge in [0, 0.05) is 0 Å². The lowest BCUT2D eigenvalue weighted by atomic mass is 10.2. The Balaban J connectivity index is 0.000000141. The van der Waals surface area contributed by atoms with E-state index in [1.807, 2.05) is 24.3 Å². The number of hydrogen-bond acceptors (Lipinski definition) is 4. The van der Waals surface area contributed by atoms with Crippen LogP contribution in [-0.2, 0) is 0 Å². The van der Waals surface area contributed by atoms with Gasteiger partial charge in [0.15, 0.2) is 0 Å². The van der Waals surface area contributed by atoms with E-state index in [9.17, 15) is 4.79 Å². The lowest BCUT2D eigenvalue weighted by molar-refractivity contribution is 0.0697. The zero-order valence-electron chi connectivity index (χ0n) is 9.82. The van der Waals surface area contributed by atoms with E-state index in [1.165, 1.54) is 24.3 Å². The predicted molar refractivity (Wildman–Crippen MR) is 69.0 cm³/mol. The monoisotopic (exact) mass is 257 g/mol. The summed E-state index contributed by atoms with van der Waals surface area (Å²) >= 11 is 0. The molecule has 1 heterocycles. The summed E-state index contributed by atoms with van der Waals surface area (Å²) in [7, 11) is 0. The van der Waals surface area contributed by atoms with Gasteiger partial charge in [0.25, 0.3) is 0 Å². The molecule has 0 aliphatic rings. The number of nitrogens with zero attached hydrogens (tertiary/aromatic N) is 2. The molecule has 6 heteroatoms. The van der Waals surface area contributed by atoms with Crippen molar-refractivity contribution in [1.29, 1.82) is 0 Å². The van der Waals surface area contributed by atoms with Crippen molar-refractivity contribution in [2.75, 3.05) is 0 Å². The lowest BCUT2D eigenvalue weighted by Crippen LogP contribution is -1.93. The summed E-state index contributed by atoms with van der Waals surface area (Å²) in [6, 6.07) is 13.1. The van der Waals surface area contributed by atoms with Crippen LogP contribution in [0.5, 0.6) is 5.75 Å². The minimum Gasteiger partial charge on any atom is -0.508 e. The number of aromatic hydroxyl groups is 1. The van der Waals surface area contributed by atoms with E-state index in [2.05, 4.69) is 15.4 Å². The van der Waals surface area contributed by atoms with Crippen molar-refractivity contribution in [2.24, 2.45) is 0 Å². The second kappa shape index (κ2) is 5.63. The molecule has 0 aliphatic heterocycles. The molecule has 0 unspecified atom stereocenters. The van der Waals surface area contributed by atoms with Gasteiger partial charge in [0.2, 0.25) is 0 Å². The molecule has 3 rings (SSSR count). The van der Waals surface area contributed by atoms with Crippen molar-refractivity contribution in [1.82, 2.24) is 15.4 Å². The van der Waals surface area contributed by atoms with Crippen LogP contribution >= 0.6 is 0 Å². The summed E-state index contributed by atoms with van der Waals surface area (Å²) in [5.41, 5.74) is 2.01. The summed E-state index contributed by atoms with van der Waals surface area (Å²) in [4.78, 5) is 10.2. The topological polar surface area (TPSA) is 99.1 Å². The number of fused-ring (bicyclic) bond motifs is 1. The van der Waals surface area contributed by atoms with E-state index in [4.69, 9.17) is 10.2 Å². The summed E-state index contributed by atoms with van der Waals surface area (Å²) < 4.78 is 0. The Kier molecular flexibility index (Phi) is 3.72. The number of hydrogen-bond donors (Lipinski definition) is 3. The molecular formula is C13H11N3O3. The highest BCUT2D eigenvalue weighted by atomic mass is 16.4. The molecule has 0 aliphatic carbocycles. The second-order valence-electron chi connectivity index (χ2n) is 3.66. The van der Waals surface area contributed by atoms with Crippen LogP contribution in [0.3, 0.4) is 0 Å². The van der Waals surface area contributed by atoms with Gasteiger partial charge in [-0.1, -0.05) is 12.1 Å². The van der Waals surface area contributed by atoms with E-state index >= 15 is 0 Å². The number of carbonyl (C=O) groups is 1. The number of H-pyrrole nitrogens is 1. The number of para-hydroxylation sites is 2. The third-order valence-corrected chi connectivity index (χ3v) is 2.34. The van der Waals surface area contributed by atoms with Crippen molar-refractivity contribution in [3.63, 3.8) is 0 Å². The molecule has 96 valence electrons. The van der Waals surface area contributed by atoms with Crippen LogP contribution in [0.25, 0.3) is 11.0 Å². The van der Waals surface area contributed by atoms with Gasteiger partial charge in [-0.15, -0.1) is 0 Å². The number of carboxylic acids is 1. The maximum Gasteiger partial charge on any atom is 0.335 e. The summed E-state index contributed by atoms with van der Waals surface area (Å²) in [5.74, 6) is -0.912. The van der Waals surface area contributed by atoms with Gasteiger partial charge in [-0.05, 0) is 36.4 Å². The summed E-state index contributed by atoms with van der Waals surface area (Å²) in [6.45, 7) is 0. The van der Waals surface area contributed by atoms with Crippen molar-refractivity contribution in [3.8, 4) is 5.75 Å². The molecule has 0 atom stereocenters. The highest BCUT2D eigenvalue weighted by molar-refractivity contribution is 5.87. The molecule has 6 nitrogen and oxygen atoms in total. The van der Waals surface area contributed by atoms with E-state index < -0.39 is 5.97 Å². The molecular weight excluding hydrogens is 246 g/mol. The average molecular weight is 257 g/mol. The smallest absolute Gasteiger partial charge is 0.335 e. The zero-order valence-corrected chi connectivity index (χ0v) is 9.82. The SMILES string of the molecule is O=C(O)c1ccc(O)cc1.c1ccc2n[nH]nc2c1. The van der Waals surface area contributed by atoms with Crippen molar-refractivity contribution in [2.45, 2.75) is 0 Å². The molecule has 0 saturated carbocycles. The van der Waals surface area contributed by atoms with Gasteiger partial charge < -0.3 is 10.2 Å². The van der Waals surface area contributed by atoms with Crippen LogP contribution in [0, 0.1) is 0 Å². The zero-order chi connectivity index (χ0) is 13.7. The van der Waals surface area contributed by atoms with Crippen LogP contribution in [0.15, 0.2) is 48.5 Å². The number of phenols is 1. The highest BCUT2D eigenvalue weighted by Crippen LogP contribution is 2.08. The first-order valence-corrected chi connectivity index (χ1v) is 5.44. The minimum atomic E-state index is -0.986. The maximum atomic E-state index is 10.2. The van der Waals surface area contributed by atoms with Gasteiger partial charge in [-0.2, -0.15) is 15.4 Å². The summed E-state index contributed by atoms with van der Waals surface area (Å²) in [5, 5.41) is 27.4. The fourth-order valence-electron chi connectivity index (χ4n) is 1.39. The van der Waals surface area contributed by atoms with Crippen LogP contribution in [-0.4, -0.2) is 31.6 Å². The Hall–Kier alpha value is -2.89. The molecule has 2 aromatic carbocycles. The predicted octanol–water partition coefficient (Wildman–Crippen LogP) is 2.05. The van der Waals surface area contributed by atoms with Gasteiger partial charge in [-0.3, -0.25) is 0 Å². The lowest BCUT2D eigenvalue weighted by Gasteiger charge is -1.92. The molecule has 0 bridgehead atoms. The van der Waals surface area contributed by atoms with Crippen LogP contribution in [0.2, 0.25) is 0 Å². The first-order valence-electron chi connectivity index (χ1n) is 5.44. The molecule has 3 N–H and O–H groups in total. The molecule has 1 aromatic heterocycles. The van der Waals surface area contributed by atoms with Gasteiger partial charge in [0.1, 0.15) is 16.8 Å². The van der Waals surface area contributed by atoms with Crippen molar-refractivity contribution >= 4 is 17.0 Å². The molecule has 3 aromatic rings. The number of phenolic OH excluding ortho intramolecular Hbond substituents is 1. The molecule has 0 radical (unpaired) electrons. The van der Waals surface area contributed by atoms with Crippen LogP contribution in [0.4, 0.5) is 0 Å². The molecule has 0 spiro atoms. The number of nitrogens with one attached hydrogen (secondary N) is 1. The van der Waals surface area contributed by atoms with E-state index in [1.54, 1.807) is 0 Å². The molecule has 0 saturated heterocycles. The Labute approximate surface area is 108 Å². The van der Waals surface area contributed by atoms with E-state index in [0.29, 0.717) is 0 Å². The Bertz CT molecular complexity index is 647. The van der Waals surface area contributed by atoms with Crippen molar-refractivity contribution < 1.29 is 15.0 Å². The maximum absolute atomic E-state index is 10.2. The fraction of sp³-hybridized carbons (Fsp3) is 0. The van der Waals surface area contributed by atoms with Crippen LogP contribution < -0.4 is 0 Å². The number of aromatic carboxylic acids is 1. The second-order valence-corrected chi connectivity index (χ2v) is 3.66. The molecule has 0 fully saturated rings. The van der Waals surface area contributed by atoms with Gasteiger partial charge in [0.05, 0.1) is 5.56 Å². The fourth-order valence-corrected chi connectivity index (χ4v) is 1.39. The quantitative estimate of drug-likeness (QED) is 0.619. The Morgan fingerprint density at radius 3 is 1.95 bits per heavy atom. The standard InChI is InChI=1S/C7H6O3.C6H5N3/c8-6-3-1-5(2-4-6)7(9)10;1-2-4-6-5(3-1)7-9-8-6/h1-4,8H,(H,9,10);1-4H,(H,7,8,9). The first kappa shape index (κ1) is 12.6. The molecule has 19 heavy (non-hydrogen) atoms. The Morgan fingerprint density at radius 2 is 1.47 bits per heavy atom. The van der Waals surface area contributed by atoms with Crippen LogP contribution in [0.1, 0.15) is 10.4 Å². The number of rotatable bonds is 1. The summed E-state index contributed by atoms with van der Waals surface area (Å²) in [6.07, 6.45) is 0. The Morgan fingerprint density at radius 1 is 0.947 bits per heavy atom. The normalized spacial score (nSPS) is 9.68. The van der Waals surface area contributed by atoms with Gasteiger partial charge in [-0.25, -0.2) is 4.79 Å². The van der Waals surface area contributed by atoms with E-state index in [0.717, 1.165) is 11.0 Å². The third kappa shape index (κ3) is 3.29. The average Bonchev–Trinajstić information content (AvgIpc) is 2.88. The number of benzene rings is 2. The first-order chi connectivity index (χ1) is 9.16. The highest BCUT2D eigenvalue weighted by Gasteiger charge is 1.99. The largest absolute Gasteiger partial charge is 0.508 e. The third-order valence-electron chi connectivity index (χ3n) is 2.34. The number of carboxylic acid groups (broad SMARTS) is 1.